The van der Waals surface area contributed by atoms with E-state index in [0.717, 1.165) is 0 Å². The van der Waals surface area contributed by atoms with E-state index in [1.54, 1.807) is 0 Å². The Morgan fingerprint density at radius 2 is 2.30 bits per heavy atom. The van der Waals surface area contributed by atoms with E-state index in [4.69, 9.17) is 9.47 Å². The van der Waals surface area contributed by atoms with Gasteiger partial charge in [0.1, 0.15) is 16.6 Å². The number of hydrogen-bond donors (Lipinski definition) is 0. The van der Waals surface area contributed by atoms with Gasteiger partial charge in [-0.25, -0.2) is 8.42 Å². The second-order valence-corrected chi connectivity index (χ2v) is 4.55. The zero-order chi connectivity index (χ0) is 7.61. The molecule has 1 aliphatic rings. The van der Waals surface area contributed by atoms with Gasteiger partial charge >= 0.3 is 0 Å². The lowest BCUT2D eigenvalue weighted by Gasteiger charge is -2.03. The molecule has 0 spiro atoms. The summed E-state index contributed by atoms with van der Waals surface area (Å²) in [5.74, 6) is 0.0625. The minimum atomic E-state index is -2.91. The quantitative estimate of drug-likeness (QED) is 0.550. The number of sulfone groups is 1. The molecule has 0 aromatic carbocycles. The van der Waals surface area contributed by atoms with E-state index >= 15 is 0 Å². The Hall–Kier alpha value is -0.130. The first-order chi connectivity index (χ1) is 4.58. The van der Waals surface area contributed by atoms with Crippen molar-refractivity contribution in [3.63, 3.8) is 0 Å². The molecule has 0 aliphatic carbocycles. The minimum Gasteiger partial charge on any atom is -0.353 e. The molecule has 1 aliphatic heterocycles. The summed E-state index contributed by atoms with van der Waals surface area (Å²) >= 11 is 0. The van der Waals surface area contributed by atoms with Gasteiger partial charge in [0.2, 0.25) is 0 Å². The molecular weight excluding hydrogens is 156 g/mol. The predicted molar refractivity (Wildman–Crippen MR) is 35.4 cm³/mol. The lowest BCUT2D eigenvalue weighted by Crippen LogP contribution is -2.21. The molecule has 0 amide bonds. The summed E-state index contributed by atoms with van der Waals surface area (Å²) in [5.41, 5.74) is 0. The summed E-state index contributed by atoms with van der Waals surface area (Å²) < 4.78 is 31.0. The van der Waals surface area contributed by atoms with Crippen molar-refractivity contribution < 1.29 is 17.9 Å². The fourth-order valence-electron chi connectivity index (χ4n) is 0.806. The molecule has 1 rings (SSSR count). The van der Waals surface area contributed by atoms with Gasteiger partial charge in [0.05, 0.1) is 18.5 Å². The average molecular weight is 166 g/mol. The molecule has 0 aromatic rings. The minimum absolute atomic E-state index is 0.0625. The highest BCUT2D eigenvalue weighted by Gasteiger charge is 2.20. The molecule has 1 unspecified atom stereocenters. The molecule has 4 nitrogen and oxygen atoms in total. The van der Waals surface area contributed by atoms with Gasteiger partial charge in [-0.15, -0.1) is 0 Å². The summed E-state index contributed by atoms with van der Waals surface area (Å²) in [6.07, 6.45) is 0.935. The molecule has 0 saturated carbocycles. The maximum absolute atomic E-state index is 10.7. The van der Waals surface area contributed by atoms with Crippen LogP contribution < -0.4 is 0 Å². The van der Waals surface area contributed by atoms with Gasteiger partial charge in [0, 0.05) is 6.26 Å². The van der Waals surface area contributed by atoms with Crippen LogP contribution in [0.5, 0.6) is 0 Å². The largest absolute Gasteiger partial charge is 0.353 e. The molecule has 10 heavy (non-hydrogen) atoms. The average Bonchev–Trinajstić information content (AvgIpc) is 2.12. The van der Waals surface area contributed by atoms with Crippen LogP contribution in [0, 0.1) is 0 Å². The van der Waals surface area contributed by atoms with Crippen molar-refractivity contribution in [1.29, 1.82) is 0 Å². The van der Waals surface area contributed by atoms with Crippen LogP contribution in [0.4, 0.5) is 0 Å². The van der Waals surface area contributed by atoms with E-state index in [-0.39, 0.29) is 18.6 Å². The Morgan fingerprint density at radius 3 is 2.70 bits per heavy atom. The van der Waals surface area contributed by atoms with Crippen molar-refractivity contribution in [2.24, 2.45) is 0 Å². The summed E-state index contributed by atoms with van der Waals surface area (Å²) in [6.45, 7) is 0.618. The van der Waals surface area contributed by atoms with Crippen molar-refractivity contribution in [1.82, 2.24) is 0 Å². The summed E-state index contributed by atoms with van der Waals surface area (Å²) in [7, 11) is -2.91. The first kappa shape index (κ1) is 7.97. The smallest absolute Gasteiger partial charge is 0.150 e. The van der Waals surface area contributed by atoms with Crippen LogP contribution in [0.15, 0.2) is 0 Å². The Morgan fingerprint density at radius 1 is 1.60 bits per heavy atom. The first-order valence-corrected chi connectivity index (χ1v) is 5.01. The van der Waals surface area contributed by atoms with Crippen LogP contribution in [0.1, 0.15) is 0 Å². The first-order valence-electron chi connectivity index (χ1n) is 2.95. The Kier molecular flexibility index (Phi) is 2.28. The lowest BCUT2D eigenvalue weighted by molar-refractivity contribution is 0.0521. The van der Waals surface area contributed by atoms with Crippen LogP contribution in [-0.4, -0.2) is 39.9 Å². The monoisotopic (exact) mass is 166 g/mol. The summed E-state index contributed by atoms with van der Waals surface area (Å²) in [4.78, 5) is 0. The number of rotatable bonds is 2. The second kappa shape index (κ2) is 2.86. The third-order valence-electron chi connectivity index (χ3n) is 1.18. The van der Waals surface area contributed by atoms with E-state index in [0.29, 0.717) is 6.61 Å². The van der Waals surface area contributed by atoms with Crippen molar-refractivity contribution in [2.45, 2.75) is 6.10 Å². The standard InChI is InChI=1S/C5H10O4S/c1-10(6,7)3-5-2-8-4-9-5/h5H,2-4H2,1H3. The topological polar surface area (TPSA) is 52.6 Å². The van der Waals surface area contributed by atoms with Crippen LogP contribution in [0.25, 0.3) is 0 Å². The third-order valence-corrected chi connectivity index (χ3v) is 2.16. The zero-order valence-electron chi connectivity index (χ0n) is 5.74. The van der Waals surface area contributed by atoms with Gasteiger partial charge in [-0.05, 0) is 0 Å². The zero-order valence-corrected chi connectivity index (χ0v) is 6.56. The summed E-state index contributed by atoms with van der Waals surface area (Å²) in [6, 6.07) is 0. The molecule has 1 saturated heterocycles. The van der Waals surface area contributed by atoms with Gasteiger partial charge in [0.25, 0.3) is 0 Å². The molecule has 1 atom stereocenters. The molecule has 60 valence electrons. The molecular formula is C5H10O4S. The van der Waals surface area contributed by atoms with Gasteiger partial charge in [-0.3, -0.25) is 0 Å². The Bertz CT molecular complexity index is 190. The van der Waals surface area contributed by atoms with Gasteiger partial charge in [-0.2, -0.15) is 0 Å². The SMILES string of the molecule is CS(=O)(=O)CC1COCO1. The van der Waals surface area contributed by atoms with Gasteiger partial charge < -0.3 is 9.47 Å². The van der Waals surface area contributed by atoms with E-state index in [2.05, 4.69) is 0 Å². The summed E-state index contributed by atoms with van der Waals surface area (Å²) in [5, 5.41) is 0. The molecule has 1 fully saturated rings. The molecule has 5 heteroatoms. The fraction of sp³-hybridized carbons (Fsp3) is 1.00. The number of hydrogen-bond acceptors (Lipinski definition) is 4. The van der Waals surface area contributed by atoms with Crippen molar-refractivity contribution >= 4 is 9.84 Å². The predicted octanol–water partition coefficient (Wildman–Crippen LogP) is -0.596. The molecule has 1 heterocycles. The lowest BCUT2D eigenvalue weighted by atomic mass is 10.4. The van der Waals surface area contributed by atoms with Crippen LogP contribution in [0.2, 0.25) is 0 Å². The highest BCUT2D eigenvalue weighted by molar-refractivity contribution is 7.90. The van der Waals surface area contributed by atoms with Crippen LogP contribution in [-0.2, 0) is 19.3 Å². The van der Waals surface area contributed by atoms with Crippen molar-refractivity contribution in [3.05, 3.63) is 0 Å². The second-order valence-electron chi connectivity index (χ2n) is 2.37. The van der Waals surface area contributed by atoms with Crippen LogP contribution >= 0.6 is 0 Å². The van der Waals surface area contributed by atoms with Crippen molar-refractivity contribution in [2.75, 3.05) is 25.4 Å². The Balaban J connectivity index is 2.38. The molecule has 0 bridgehead atoms. The van der Waals surface area contributed by atoms with Crippen LogP contribution in [0.3, 0.4) is 0 Å². The third kappa shape index (κ3) is 2.64. The maximum Gasteiger partial charge on any atom is 0.150 e. The van der Waals surface area contributed by atoms with E-state index in [9.17, 15) is 8.42 Å². The normalized spacial score (nSPS) is 27.1. The number of ether oxygens (including phenoxy) is 2. The molecule has 0 radical (unpaired) electrons. The van der Waals surface area contributed by atoms with Crippen molar-refractivity contribution in [3.8, 4) is 0 Å². The van der Waals surface area contributed by atoms with E-state index in [1.807, 2.05) is 0 Å². The maximum atomic E-state index is 10.7. The van der Waals surface area contributed by atoms with Gasteiger partial charge in [0.15, 0.2) is 0 Å². The van der Waals surface area contributed by atoms with E-state index < -0.39 is 9.84 Å². The fourth-order valence-corrected chi connectivity index (χ4v) is 1.67. The highest BCUT2D eigenvalue weighted by Crippen LogP contribution is 2.04. The highest BCUT2D eigenvalue weighted by atomic mass is 32.2. The molecule has 0 aromatic heterocycles. The Labute approximate surface area is 60.0 Å². The van der Waals surface area contributed by atoms with Gasteiger partial charge in [-0.1, -0.05) is 0 Å². The molecule has 0 N–H and O–H groups in total. The van der Waals surface area contributed by atoms with E-state index in [1.165, 1.54) is 6.26 Å².